The van der Waals surface area contributed by atoms with Gasteiger partial charge in [-0.2, -0.15) is 5.10 Å². The Morgan fingerprint density at radius 2 is 2.10 bits per heavy atom. The van der Waals surface area contributed by atoms with Crippen molar-refractivity contribution in [1.82, 2.24) is 15.5 Å². The maximum Gasteiger partial charge on any atom is 0.269 e. The first-order valence-corrected chi connectivity index (χ1v) is 6.45. The molecule has 1 amide bonds. The highest BCUT2D eigenvalue weighted by molar-refractivity contribution is 5.93. The molecule has 2 rings (SSSR count). The van der Waals surface area contributed by atoms with Crippen LogP contribution in [0.15, 0.2) is 30.3 Å². The van der Waals surface area contributed by atoms with Crippen molar-refractivity contribution in [3.8, 4) is 17.0 Å². The number of nitrogens with one attached hydrogen (secondary N) is 2. The number of aromatic nitrogens is 2. The van der Waals surface area contributed by atoms with Gasteiger partial charge in [0.2, 0.25) is 0 Å². The van der Waals surface area contributed by atoms with Gasteiger partial charge in [0.15, 0.2) is 0 Å². The number of amides is 1. The lowest BCUT2D eigenvalue weighted by molar-refractivity contribution is 0.0947. The lowest BCUT2D eigenvalue weighted by atomic mass is 10.1. The van der Waals surface area contributed by atoms with Crippen molar-refractivity contribution >= 4 is 5.91 Å². The van der Waals surface area contributed by atoms with Gasteiger partial charge in [-0.05, 0) is 31.0 Å². The second-order valence-electron chi connectivity index (χ2n) is 4.37. The fourth-order valence-corrected chi connectivity index (χ4v) is 1.80. The smallest absolute Gasteiger partial charge is 0.269 e. The molecule has 0 saturated heterocycles. The molecule has 6 heteroatoms. The van der Waals surface area contributed by atoms with Crippen LogP contribution < -0.4 is 5.32 Å². The Labute approximate surface area is 116 Å². The molecule has 2 aromatic rings. The number of nitrogens with zero attached hydrogens (tertiary/aromatic N) is 1. The minimum atomic E-state index is -0.253. The number of aromatic amines is 1. The maximum atomic E-state index is 11.8. The van der Waals surface area contributed by atoms with E-state index in [4.69, 9.17) is 5.11 Å². The average molecular weight is 275 g/mol. The van der Waals surface area contributed by atoms with Gasteiger partial charge in [-0.1, -0.05) is 12.1 Å². The second-order valence-corrected chi connectivity index (χ2v) is 4.37. The topological polar surface area (TPSA) is 98.2 Å². The molecule has 0 unspecified atom stereocenters. The number of aromatic hydroxyl groups is 1. The molecule has 0 saturated carbocycles. The molecule has 1 aromatic heterocycles. The Hall–Kier alpha value is -2.34. The third-order valence-electron chi connectivity index (χ3n) is 2.87. The summed E-state index contributed by atoms with van der Waals surface area (Å²) < 4.78 is 0. The van der Waals surface area contributed by atoms with E-state index in [0.29, 0.717) is 29.9 Å². The van der Waals surface area contributed by atoms with Crippen molar-refractivity contribution in [3.05, 3.63) is 36.0 Å². The third kappa shape index (κ3) is 3.36. The highest BCUT2D eigenvalue weighted by Crippen LogP contribution is 2.27. The number of para-hydroxylation sites is 1. The number of carbonyl (C=O) groups is 1. The van der Waals surface area contributed by atoms with E-state index in [1.54, 1.807) is 30.3 Å². The number of H-pyrrole nitrogens is 1. The number of aliphatic hydroxyl groups is 1. The highest BCUT2D eigenvalue weighted by atomic mass is 16.3. The van der Waals surface area contributed by atoms with Gasteiger partial charge < -0.3 is 15.5 Å². The first kappa shape index (κ1) is 14.1. The van der Waals surface area contributed by atoms with Gasteiger partial charge in [0.1, 0.15) is 11.4 Å². The van der Waals surface area contributed by atoms with Crippen molar-refractivity contribution in [1.29, 1.82) is 0 Å². The van der Waals surface area contributed by atoms with Gasteiger partial charge in [-0.25, -0.2) is 0 Å². The van der Waals surface area contributed by atoms with Crippen LogP contribution in [0.4, 0.5) is 0 Å². The molecule has 1 heterocycles. The summed E-state index contributed by atoms with van der Waals surface area (Å²) in [5, 5.41) is 27.8. The van der Waals surface area contributed by atoms with Crippen LogP contribution >= 0.6 is 0 Å². The van der Waals surface area contributed by atoms with Gasteiger partial charge in [0.05, 0.1) is 5.69 Å². The molecule has 0 atom stereocenters. The Morgan fingerprint density at radius 1 is 1.30 bits per heavy atom. The summed E-state index contributed by atoms with van der Waals surface area (Å²) in [4.78, 5) is 11.8. The lowest BCUT2D eigenvalue weighted by Gasteiger charge is -2.01. The monoisotopic (exact) mass is 275 g/mol. The van der Waals surface area contributed by atoms with Crippen LogP contribution in [-0.2, 0) is 0 Å². The van der Waals surface area contributed by atoms with Gasteiger partial charge >= 0.3 is 0 Å². The molecule has 20 heavy (non-hydrogen) atoms. The van der Waals surface area contributed by atoms with E-state index in [9.17, 15) is 9.90 Å². The molecule has 0 aliphatic rings. The molecular weight excluding hydrogens is 258 g/mol. The van der Waals surface area contributed by atoms with Gasteiger partial charge in [0, 0.05) is 18.7 Å². The van der Waals surface area contributed by atoms with E-state index in [-0.39, 0.29) is 18.3 Å². The molecule has 4 N–H and O–H groups in total. The number of phenols is 1. The van der Waals surface area contributed by atoms with Crippen LogP contribution in [0.1, 0.15) is 23.3 Å². The molecule has 0 bridgehead atoms. The van der Waals surface area contributed by atoms with Crippen LogP contribution in [0.3, 0.4) is 0 Å². The lowest BCUT2D eigenvalue weighted by Crippen LogP contribution is -2.24. The summed E-state index contributed by atoms with van der Waals surface area (Å²) in [7, 11) is 0. The van der Waals surface area contributed by atoms with Crippen LogP contribution in [0.2, 0.25) is 0 Å². The van der Waals surface area contributed by atoms with E-state index in [0.717, 1.165) is 6.42 Å². The quantitative estimate of drug-likeness (QED) is 0.597. The summed E-state index contributed by atoms with van der Waals surface area (Å²) in [6.45, 7) is 0.627. The molecule has 0 aliphatic carbocycles. The van der Waals surface area contributed by atoms with E-state index >= 15 is 0 Å². The Bertz CT molecular complexity index is 581. The zero-order valence-corrected chi connectivity index (χ0v) is 11.0. The fourth-order valence-electron chi connectivity index (χ4n) is 1.80. The van der Waals surface area contributed by atoms with Gasteiger partial charge in [-0.3, -0.25) is 9.89 Å². The predicted molar refractivity (Wildman–Crippen MR) is 74.3 cm³/mol. The minimum absolute atomic E-state index is 0.119. The third-order valence-corrected chi connectivity index (χ3v) is 2.87. The van der Waals surface area contributed by atoms with Crippen molar-refractivity contribution in [2.75, 3.05) is 13.2 Å². The number of hydrogen-bond donors (Lipinski definition) is 4. The molecule has 1 aromatic carbocycles. The van der Waals surface area contributed by atoms with Crippen molar-refractivity contribution in [3.63, 3.8) is 0 Å². The fraction of sp³-hybridized carbons (Fsp3) is 0.286. The van der Waals surface area contributed by atoms with Crippen molar-refractivity contribution in [2.24, 2.45) is 0 Å². The van der Waals surface area contributed by atoms with E-state index in [1.807, 2.05) is 0 Å². The Kier molecular flexibility index (Phi) is 4.73. The summed E-state index contributed by atoms with van der Waals surface area (Å²) in [6, 6.07) is 8.40. The first-order valence-electron chi connectivity index (χ1n) is 6.45. The maximum absolute atomic E-state index is 11.8. The number of phenolic OH excluding ortho intramolecular Hbond substituents is 1. The molecule has 6 nitrogen and oxygen atoms in total. The highest BCUT2D eigenvalue weighted by Gasteiger charge is 2.12. The normalized spacial score (nSPS) is 10.4. The number of carbonyl (C=O) groups excluding carboxylic acids is 1. The number of aliphatic hydroxyl groups excluding tert-OH is 1. The summed E-state index contributed by atoms with van der Waals surface area (Å²) in [5.41, 5.74) is 1.43. The molecular formula is C14H17N3O3. The first-order chi connectivity index (χ1) is 9.72. The number of benzene rings is 1. The average Bonchev–Trinajstić information content (AvgIpc) is 2.93. The second kappa shape index (κ2) is 6.72. The van der Waals surface area contributed by atoms with Crippen molar-refractivity contribution < 1.29 is 15.0 Å². The predicted octanol–water partition coefficient (Wildman–Crippen LogP) is 1.28. The van der Waals surface area contributed by atoms with Crippen molar-refractivity contribution in [2.45, 2.75) is 12.8 Å². The van der Waals surface area contributed by atoms with E-state index < -0.39 is 0 Å². The van der Waals surface area contributed by atoms with E-state index in [1.165, 1.54) is 0 Å². The van der Waals surface area contributed by atoms with Gasteiger partial charge in [-0.15, -0.1) is 0 Å². The largest absolute Gasteiger partial charge is 0.507 e. The molecule has 0 fully saturated rings. The minimum Gasteiger partial charge on any atom is -0.507 e. The summed E-state index contributed by atoms with van der Waals surface area (Å²) >= 11 is 0. The van der Waals surface area contributed by atoms with E-state index in [2.05, 4.69) is 15.5 Å². The zero-order valence-electron chi connectivity index (χ0n) is 11.0. The molecule has 0 aliphatic heterocycles. The van der Waals surface area contributed by atoms with Gasteiger partial charge in [0.25, 0.3) is 5.91 Å². The Morgan fingerprint density at radius 3 is 2.85 bits per heavy atom. The number of rotatable bonds is 6. The van der Waals surface area contributed by atoms with Crippen LogP contribution in [0, 0.1) is 0 Å². The zero-order chi connectivity index (χ0) is 14.4. The SMILES string of the molecule is O=C(NCCCCO)c1cc(-c2ccccc2O)n[nH]1. The molecule has 0 spiro atoms. The number of hydrogen-bond acceptors (Lipinski definition) is 4. The molecule has 0 radical (unpaired) electrons. The van der Waals surface area contributed by atoms with Crippen LogP contribution in [0.25, 0.3) is 11.3 Å². The standard InChI is InChI=1S/C14H17N3O3/c18-8-4-3-7-15-14(20)12-9-11(16-17-12)10-5-1-2-6-13(10)19/h1-2,5-6,9,18-19H,3-4,7-8H2,(H,15,20)(H,16,17). The van der Waals surface area contributed by atoms with Crippen LogP contribution in [-0.4, -0.2) is 39.5 Å². The van der Waals surface area contributed by atoms with Crippen LogP contribution in [0.5, 0.6) is 5.75 Å². The summed E-state index contributed by atoms with van der Waals surface area (Å²) in [5.74, 6) is -0.133. The number of unbranched alkanes of at least 4 members (excludes halogenated alkanes) is 1. The molecule has 106 valence electrons. The summed E-state index contributed by atoms with van der Waals surface area (Å²) in [6.07, 6.45) is 1.38. The Balaban J connectivity index is 2.02.